The van der Waals surface area contributed by atoms with Gasteiger partial charge < -0.3 is 4.74 Å². The molecule has 0 saturated carbocycles. The maximum Gasteiger partial charge on any atom is 0.240 e. The summed E-state index contributed by atoms with van der Waals surface area (Å²) in [5.41, 5.74) is 0. The Morgan fingerprint density at radius 3 is 2.14 bits per heavy atom. The predicted octanol–water partition coefficient (Wildman–Crippen LogP) is 3.25. The first-order valence-electron chi connectivity index (χ1n) is 8.30. The van der Waals surface area contributed by atoms with Gasteiger partial charge in [0.15, 0.2) is 9.84 Å². The van der Waals surface area contributed by atoms with Gasteiger partial charge in [-0.2, -0.15) is 0 Å². The largest absolute Gasteiger partial charge is 0.497 e. The Bertz CT molecular complexity index is 1110. The van der Waals surface area contributed by atoms with Gasteiger partial charge in [0, 0.05) is 11.4 Å². The molecule has 0 aliphatic rings. The SMILES string of the molecule is COc1ccc(S(=O)(=O)NC[C@@H](c2cccs2)S(=O)(=O)c2ccccc2)cc1. The van der Waals surface area contributed by atoms with Gasteiger partial charge >= 0.3 is 0 Å². The fraction of sp³-hybridized carbons (Fsp3) is 0.158. The lowest BCUT2D eigenvalue weighted by Crippen LogP contribution is -2.31. The summed E-state index contributed by atoms with van der Waals surface area (Å²) < 4.78 is 59.0. The molecule has 0 bridgehead atoms. The molecule has 1 atom stereocenters. The molecule has 28 heavy (non-hydrogen) atoms. The number of hydrogen-bond acceptors (Lipinski definition) is 6. The molecular formula is C19H19NO5S3. The number of methoxy groups -OCH3 is 1. The maximum absolute atomic E-state index is 13.1. The summed E-state index contributed by atoms with van der Waals surface area (Å²) >= 11 is 1.27. The van der Waals surface area contributed by atoms with Crippen molar-refractivity contribution in [2.45, 2.75) is 15.0 Å². The highest BCUT2D eigenvalue weighted by atomic mass is 32.2. The number of nitrogens with one attached hydrogen (secondary N) is 1. The maximum atomic E-state index is 13.1. The molecule has 1 aromatic heterocycles. The van der Waals surface area contributed by atoms with Crippen molar-refractivity contribution in [2.75, 3.05) is 13.7 Å². The van der Waals surface area contributed by atoms with Crippen LogP contribution in [-0.4, -0.2) is 30.5 Å². The number of hydrogen-bond donors (Lipinski definition) is 1. The number of thiophene rings is 1. The molecule has 6 nitrogen and oxygen atoms in total. The molecule has 0 aliphatic heterocycles. The van der Waals surface area contributed by atoms with E-state index >= 15 is 0 Å². The summed E-state index contributed by atoms with van der Waals surface area (Å²) in [6.45, 7) is -0.272. The zero-order chi connectivity index (χ0) is 20.2. The smallest absolute Gasteiger partial charge is 0.240 e. The molecule has 0 aliphatic carbocycles. The molecule has 0 saturated heterocycles. The van der Waals surface area contributed by atoms with E-state index in [1.54, 1.807) is 35.7 Å². The Balaban J connectivity index is 1.89. The van der Waals surface area contributed by atoms with Gasteiger partial charge in [0.05, 0.1) is 16.9 Å². The minimum atomic E-state index is -3.88. The van der Waals surface area contributed by atoms with E-state index in [2.05, 4.69) is 4.72 Å². The van der Waals surface area contributed by atoms with Crippen LogP contribution in [0.1, 0.15) is 10.1 Å². The first kappa shape index (κ1) is 20.5. The van der Waals surface area contributed by atoms with Crippen LogP contribution in [0, 0.1) is 0 Å². The standard InChI is InChI=1S/C19H19NO5S3/c1-25-15-9-11-17(12-10-15)28(23,24)20-14-19(18-8-5-13-26-18)27(21,22)16-6-3-2-4-7-16/h2-13,19-20H,14H2,1H3/t19-/m0/s1. The third-order valence-electron chi connectivity index (χ3n) is 4.14. The van der Waals surface area contributed by atoms with Gasteiger partial charge in [-0.3, -0.25) is 0 Å². The Hall–Kier alpha value is -2.20. The average Bonchev–Trinajstić information content (AvgIpc) is 3.23. The van der Waals surface area contributed by atoms with Gasteiger partial charge in [-0.25, -0.2) is 21.6 Å². The number of benzene rings is 2. The summed E-state index contributed by atoms with van der Waals surface area (Å²) in [5, 5.41) is 0.740. The second-order valence-electron chi connectivity index (χ2n) is 5.89. The molecule has 0 unspecified atom stereocenters. The topological polar surface area (TPSA) is 89.5 Å². The van der Waals surface area contributed by atoms with Gasteiger partial charge in [0.1, 0.15) is 11.0 Å². The monoisotopic (exact) mass is 437 g/mol. The van der Waals surface area contributed by atoms with Gasteiger partial charge in [-0.05, 0) is 47.8 Å². The molecule has 0 amide bonds. The van der Waals surface area contributed by atoms with Crippen LogP contribution in [0.25, 0.3) is 0 Å². The minimum absolute atomic E-state index is 0.0374. The van der Waals surface area contributed by atoms with E-state index in [4.69, 9.17) is 4.74 Å². The Labute approximate surface area is 168 Å². The molecule has 0 radical (unpaired) electrons. The second kappa shape index (κ2) is 8.44. The Morgan fingerprint density at radius 2 is 1.57 bits per heavy atom. The zero-order valence-electron chi connectivity index (χ0n) is 15.0. The lowest BCUT2D eigenvalue weighted by Gasteiger charge is -2.17. The summed E-state index contributed by atoms with van der Waals surface area (Å²) in [5.74, 6) is 0.530. The van der Waals surface area contributed by atoms with Crippen molar-refractivity contribution < 1.29 is 21.6 Å². The van der Waals surface area contributed by atoms with Crippen LogP contribution in [0.15, 0.2) is 81.9 Å². The van der Waals surface area contributed by atoms with Gasteiger partial charge in [0.25, 0.3) is 0 Å². The molecule has 1 heterocycles. The summed E-state index contributed by atoms with van der Waals surface area (Å²) in [7, 11) is -6.17. The Morgan fingerprint density at radius 1 is 0.893 bits per heavy atom. The van der Waals surface area contributed by atoms with Crippen molar-refractivity contribution >= 4 is 31.2 Å². The number of ether oxygens (including phenoxy) is 1. The van der Waals surface area contributed by atoms with E-state index in [1.165, 1.54) is 54.8 Å². The van der Waals surface area contributed by atoms with Crippen molar-refractivity contribution in [3.05, 3.63) is 77.0 Å². The lowest BCUT2D eigenvalue weighted by molar-refractivity contribution is 0.414. The summed E-state index contributed by atoms with van der Waals surface area (Å²) in [6, 6.07) is 17.3. The van der Waals surface area contributed by atoms with Crippen molar-refractivity contribution in [1.82, 2.24) is 4.72 Å². The van der Waals surface area contributed by atoms with E-state index in [0.29, 0.717) is 10.6 Å². The number of sulfonamides is 1. The first-order valence-corrected chi connectivity index (χ1v) is 12.2. The Kier molecular flexibility index (Phi) is 6.19. The van der Waals surface area contributed by atoms with Crippen molar-refractivity contribution in [2.24, 2.45) is 0 Å². The van der Waals surface area contributed by atoms with Crippen molar-refractivity contribution in [1.29, 1.82) is 0 Å². The van der Waals surface area contributed by atoms with Crippen LogP contribution >= 0.6 is 11.3 Å². The molecule has 148 valence electrons. The highest BCUT2D eigenvalue weighted by Crippen LogP contribution is 2.31. The van der Waals surface area contributed by atoms with E-state index in [1.807, 2.05) is 0 Å². The highest BCUT2D eigenvalue weighted by Gasteiger charge is 2.31. The fourth-order valence-corrected chi connectivity index (χ4v) is 6.59. The van der Waals surface area contributed by atoms with E-state index in [9.17, 15) is 16.8 Å². The minimum Gasteiger partial charge on any atom is -0.497 e. The molecule has 2 aromatic carbocycles. The van der Waals surface area contributed by atoms with Crippen LogP contribution in [0.4, 0.5) is 0 Å². The van der Waals surface area contributed by atoms with E-state index in [0.717, 1.165) is 0 Å². The van der Waals surface area contributed by atoms with E-state index in [-0.39, 0.29) is 16.3 Å². The third kappa shape index (κ3) is 4.44. The fourth-order valence-electron chi connectivity index (χ4n) is 2.64. The molecule has 0 fully saturated rings. The van der Waals surface area contributed by atoms with Gasteiger partial charge in [-0.1, -0.05) is 24.3 Å². The molecule has 9 heteroatoms. The van der Waals surface area contributed by atoms with Gasteiger partial charge in [0.2, 0.25) is 10.0 Å². The number of rotatable bonds is 8. The lowest BCUT2D eigenvalue weighted by atomic mass is 10.3. The normalized spacial score (nSPS) is 13.2. The van der Waals surface area contributed by atoms with Crippen molar-refractivity contribution in [3.8, 4) is 5.75 Å². The number of sulfone groups is 1. The zero-order valence-corrected chi connectivity index (χ0v) is 17.4. The van der Waals surface area contributed by atoms with Crippen LogP contribution in [0.5, 0.6) is 5.75 Å². The first-order chi connectivity index (χ1) is 13.3. The van der Waals surface area contributed by atoms with E-state index < -0.39 is 25.1 Å². The molecule has 3 rings (SSSR count). The quantitative estimate of drug-likeness (QED) is 0.584. The molecule has 0 spiro atoms. The van der Waals surface area contributed by atoms with Crippen LogP contribution < -0.4 is 9.46 Å². The van der Waals surface area contributed by atoms with Crippen LogP contribution in [-0.2, 0) is 19.9 Å². The third-order valence-corrected chi connectivity index (χ3v) is 8.81. The highest BCUT2D eigenvalue weighted by molar-refractivity contribution is 7.92. The molecular weight excluding hydrogens is 418 g/mol. The summed E-state index contributed by atoms with van der Waals surface area (Å²) in [6.07, 6.45) is 0. The molecule has 3 aromatic rings. The van der Waals surface area contributed by atoms with Crippen LogP contribution in [0.3, 0.4) is 0 Å². The summed E-state index contributed by atoms with van der Waals surface area (Å²) in [4.78, 5) is 0.758. The van der Waals surface area contributed by atoms with Crippen molar-refractivity contribution in [3.63, 3.8) is 0 Å². The average molecular weight is 438 g/mol. The predicted molar refractivity (Wildman–Crippen MR) is 109 cm³/mol. The van der Waals surface area contributed by atoms with Gasteiger partial charge in [-0.15, -0.1) is 11.3 Å². The van der Waals surface area contributed by atoms with Crippen LogP contribution in [0.2, 0.25) is 0 Å². The second-order valence-corrected chi connectivity index (χ2v) is 10.8. The molecule has 1 N–H and O–H groups in total.